The molecule has 10 rings (SSSR count). The molecule has 2 aliphatic carbocycles. The van der Waals surface area contributed by atoms with Crippen molar-refractivity contribution in [2.24, 2.45) is 0 Å². The molecule has 0 N–H and O–H groups in total. The molecule has 0 bridgehead atoms. The molecule has 1 aromatic heterocycles. The van der Waals surface area contributed by atoms with Crippen molar-refractivity contribution >= 4 is 73.1 Å². The minimum atomic E-state index is -0.632. The van der Waals surface area contributed by atoms with Crippen molar-refractivity contribution in [2.75, 3.05) is 4.90 Å². The van der Waals surface area contributed by atoms with Gasteiger partial charge in [0.25, 0.3) is 0 Å². The van der Waals surface area contributed by atoms with Gasteiger partial charge in [-0.2, -0.15) is 0 Å². The van der Waals surface area contributed by atoms with Gasteiger partial charge in [0.05, 0.1) is 5.69 Å². The molecule has 4 heteroatoms. The molecule has 0 atom stereocenters. The quantitative estimate of drug-likeness (QED) is 0.184. The second kappa shape index (κ2) is 11.1. The summed E-state index contributed by atoms with van der Waals surface area (Å²) in [5.74, 6) is -1.26. The highest BCUT2D eigenvalue weighted by Gasteiger charge is 2.23. The van der Waals surface area contributed by atoms with Crippen molar-refractivity contribution in [1.29, 1.82) is 0 Å². The Bertz CT molecular complexity index is 2700. The van der Waals surface area contributed by atoms with Crippen LogP contribution in [-0.2, 0) is 12.8 Å². The maximum atomic E-state index is 14.4. The van der Waals surface area contributed by atoms with Crippen LogP contribution in [0.2, 0.25) is 0 Å². The zero-order chi connectivity index (χ0) is 33.3. The second-order valence-electron chi connectivity index (χ2n) is 13.2. The van der Waals surface area contributed by atoms with E-state index in [4.69, 9.17) is 4.42 Å². The fraction of sp³-hybridized carbons (Fsp3) is 0.0435. The van der Waals surface area contributed by atoms with Gasteiger partial charge in [0.15, 0.2) is 0 Å². The maximum Gasteiger partial charge on any atom is 0.137 e. The van der Waals surface area contributed by atoms with Crippen LogP contribution in [0.3, 0.4) is 0 Å². The number of para-hydroxylation sites is 1. The maximum absolute atomic E-state index is 14.4. The van der Waals surface area contributed by atoms with Gasteiger partial charge in [-0.15, -0.1) is 0 Å². The standard InChI is InChI=1S/C46H29F2NO/c47-36-24-37(48)26-40(25-36)49(38-9-5-2-6-10-38)39-16-18-42-41-17-15-29(23-43(41)50-44(42)27-39)35-21-32-13-11-30-19-34(28-7-3-1-4-8-28)20-31-12-14-33(22-35)46(32)45(30)31/h1-19,21,23-27H,20,22H2. The highest BCUT2D eigenvalue weighted by Crippen LogP contribution is 2.44. The van der Waals surface area contributed by atoms with Crippen LogP contribution < -0.4 is 4.90 Å². The van der Waals surface area contributed by atoms with Crippen LogP contribution in [0.25, 0.3) is 56.0 Å². The topological polar surface area (TPSA) is 16.4 Å². The first kappa shape index (κ1) is 28.7. The number of halogens is 2. The third-order valence-corrected chi connectivity index (χ3v) is 10.2. The molecule has 8 aromatic rings. The van der Waals surface area contributed by atoms with Gasteiger partial charge >= 0.3 is 0 Å². The van der Waals surface area contributed by atoms with E-state index in [1.807, 2.05) is 53.4 Å². The Morgan fingerprint density at radius 2 is 1.04 bits per heavy atom. The lowest BCUT2D eigenvalue weighted by Crippen LogP contribution is -2.10. The molecule has 0 radical (unpaired) electrons. The summed E-state index contributed by atoms with van der Waals surface area (Å²) in [6.45, 7) is 0. The molecule has 0 saturated heterocycles. The molecule has 2 aliphatic rings. The van der Waals surface area contributed by atoms with Gasteiger partial charge in [0.1, 0.15) is 22.8 Å². The minimum absolute atomic E-state index is 0.392. The summed E-state index contributed by atoms with van der Waals surface area (Å²) in [4.78, 5) is 1.84. The van der Waals surface area contributed by atoms with Crippen LogP contribution in [0.1, 0.15) is 33.4 Å². The minimum Gasteiger partial charge on any atom is -0.456 e. The SMILES string of the molecule is Fc1cc(F)cc(N(c2ccccc2)c2ccc3c(c2)oc2cc(C4=Cc5ccc6c7c(ccc(c57)C4)CC(c4ccccc4)=C6)ccc23)c1. The molecule has 1 heterocycles. The summed E-state index contributed by atoms with van der Waals surface area (Å²) < 4.78 is 35.3. The summed E-state index contributed by atoms with van der Waals surface area (Å²) in [5, 5.41) is 4.75. The van der Waals surface area contributed by atoms with Crippen LogP contribution in [-0.4, -0.2) is 0 Å². The summed E-state index contributed by atoms with van der Waals surface area (Å²) in [7, 11) is 0. The van der Waals surface area contributed by atoms with Gasteiger partial charge in [-0.3, -0.25) is 0 Å². The number of hydrogen-bond donors (Lipinski definition) is 0. The molecule has 2 nitrogen and oxygen atoms in total. The van der Waals surface area contributed by atoms with Crippen LogP contribution in [0.5, 0.6) is 0 Å². The zero-order valence-corrected chi connectivity index (χ0v) is 27.0. The first-order chi connectivity index (χ1) is 24.6. The largest absolute Gasteiger partial charge is 0.456 e. The van der Waals surface area contributed by atoms with Gasteiger partial charge in [0.2, 0.25) is 0 Å². The molecule has 50 heavy (non-hydrogen) atoms. The Morgan fingerprint density at radius 3 is 1.70 bits per heavy atom. The Kier molecular flexibility index (Phi) is 6.40. The number of allylic oxidation sites excluding steroid dienone is 2. The van der Waals surface area contributed by atoms with Gasteiger partial charge in [-0.1, -0.05) is 91.0 Å². The van der Waals surface area contributed by atoms with E-state index < -0.39 is 11.6 Å². The number of fused-ring (bicyclic) bond motifs is 3. The Hall–Kier alpha value is -6.26. The van der Waals surface area contributed by atoms with Crippen LogP contribution in [0.4, 0.5) is 25.8 Å². The lowest BCUT2D eigenvalue weighted by Gasteiger charge is -2.25. The van der Waals surface area contributed by atoms with E-state index in [1.165, 1.54) is 61.9 Å². The first-order valence-corrected chi connectivity index (χ1v) is 16.9. The summed E-state index contributed by atoms with van der Waals surface area (Å²) in [6, 6.07) is 45.4. The third kappa shape index (κ3) is 4.67. The number of rotatable bonds is 5. The number of anilines is 3. The molecule has 7 aromatic carbocycles. The average molecular weight is 650 g/mol. The van der Waals surface area contributed by atoms with E-state index in [1.54, 1.807) is 0 Å². The highest BCUT2D eigenvalue weighted by molar-refractivity contribution is 6.11. The molecular weight excluding hydrogens is 621 g/mol. The van der Waals surface area contributed by atoms with Crippen LogP contribution >= 0.6 is 0 Å². The van der Waals surface area contributed by atoms with Crippen LogP contribution in [0, 0.1) is 11.6 Å². The van der Waals surface area contributed by atoms with E-state index in [0.717, 1.165) is 52.2 Å². The molecule has 0 saturated carbocycles. The molecular formula is C46H29F2NO. The molecule has 0 spiro atoms. The van der Waals surface area contributed by atoms with E-state index in [2.05, 4.69) is 84.9 Å². The molecule has 0 unspecified atom stereocenters. The lowest BCUT2D eigenvalue weighted by atomic mass is 9.79. The highest BCUT2D eigenvalue weighted by atomic mass is 19.1. The summed E-state index contributed by atoms with van der Waals surface area (Å²) in [5.41, 5.74) is 13.7. The lowest BCUT2D eigenvalue weighted by molar-refractivity contribution is 0.584. The normalized spacial score (nSPS) is 13.5. The summed E-state index contributed by atoms with van der Waals surface area (Å²) >= 11 is 0. The number of nitrogens with zero attached hydrogens (tertiary/aromatic N) is 1. The third-order valence-electron chi connectivity index (χ3n) is 10.2. The average Bonchev–Trinajstić information content (AvgIpc) is 3.51. The van der Waals surface area contributed by atoms with Gasteiger partial charge in [-0.25, -0.2) is 8.78 Å². The van der Waals surface area contributed by atoms with Gasteiger partial charge in [0, 0.05) is 34.3 Å². The summed E-state index contributed by atoms with van der Waals surface area (Å²) in [6.07, 6.45) is 6.47. The van der Waals surface area contributed by atoms with Crippen LogP contribution in [0.15, 0.2) is 144 Å². The van der Waals surface area contributed by atoms with E-state index in [0.29, 0.717) is 11.3 Å². The van der Waals surface area contributed by atoms with Crippen molar-refractivity contribution in [3.8, 4) is 0 Å². The molecule has 0 amide bonds. The number of hydrogen-bond acceptors (Lipinski definition) is 2. The predicted molar refractivity (Wildman–Crippen MR) is 202 cm³/mol. The van der Waals surface area contributed by atoms with Crippen molar-refractivity contribution in [1.82, 2.24) is 0 Å². The van der Waals surface area contributed by atoms with Crippen molar-refractivity contribution in [2.45, 2.75) is 12.8 Å². The Labute approximate surface area is 287 Å². The van der Waals surface area contributed by atoms with Gasteiger partial charge in [-0.05, 0) is 117 Å². The zero-order valence-electron chi connectivity index (χ0n) is 27.0. The second-order valence-corrected chi connectivity index (χ2v) is 13.2. The van der Waals surface area contributed by atoms with Crippen molar-refractivity contribution in [3.05, 3.63) is 185 Å². The number of benzene rings is 7. The smallest absolute Gasteiger partial charge is 0.137 e. The Balaban J connectivity index is 1.03. The fourth-order valence-electron chi connectivity index (χ4n) is 7.94. The van der Waals surface area contributed by atoms with Gasteiger partial charge < -0.3 is 9.32 Å². The number of furan rings is 1. The van der Waals surface area contributed by atoms with Crippen molar-refractivity contribution in [3.63, 3.8) is 0 Å². The molecule has 0 aliphatic heterocycles. The monoisotopic (exact) mass is 649 g/mol. The first-order valence-electron chi connectivity index (χ1n) is 16.9. The molecule has 238 valence electrons. The Morgan fingerprint density at radius 1 is 0.460 bits per heavy atom. The van der Waals surface area contributed by atoms with E-state index >= 15 is 0 Å². The fourth-order valence-corrected chi connectivity index (χ4v) is 7.94. The van der Waals surface area contributed by atoms with E-state index in [9.17, 15) is 8.78 Å². The van der Waals surface area contributed by atoms with Crippen molar-refractivity contribution < 1.29 is 13.2 Å². The van der Waals surface area contributed by atoms with E-state index in [-0.39, 0.29) is 0 Å². The molecule has 0 fully saturated rings. The predicted octanol–water partition coefficient (Wildman–Crippen LogP) is 12.7.